The highest BCUT2D eigenvalue weighted by atomic mass is 79.9. The van der Waals surface area contributed by atoms with E-state index < -0.39 is 0 Å². The molecule has 0 aliphatic carbocycles. The molecule has 0 aromatic heterocycles. The van der Waals surface area contributed by atoms with Crippen molar-refractivity contribution in [3.8, 4) is 11.8 Å². The number of hydrogen-bond acceptors (Lipinski definition) is 2. The lowest BCUT2D eigenvalue weighted by molar-refractivity contribution is 0.362. The minimum atomic E-state index is 0.0480. The molecule has 0 atom stereocenters. The van der Waals surface area contributed by atoms with Gasteiger partial charge in [0.05, 0.1) is 5.88 Å². The first kappa shape index (κ1) is 11.4. The molecule has 2 nitrogen and oxygen atoms in total. The SMILES string of the molecule is Cc1cc(Br)cc(CCl)c1OCC#N. The zero-order valence-electron chi connectivity index (χ0n) is 7.68. The molecule has 1 aromatic carbocycles. The van der Waals surface area contributed by atoms with Crippen LogP contribution in [-0.2, 0) is 5.88 Å². The third kappa shape index (κ3) is 2.63. The first-order valence-electron chi connectivity index (χ1n) is 4.03. The summed E-state index contributed by atoms with van der Waals surface area (Å²) in [6.07, 6.45) is 0. The van der Waals surface area contributed by atoms with E-state index in [9.17, 15) is 0 Å². The van der Waals surface area contributed by atoms with Crippen LogP contribution in [0.15, 0.2) is 16.6 Å². The lowest BCUT2D eigenvalue weighted by atomic mass is 10.1. The van der Waals surface area contributed by atoms with Crippen LogP contribution in [0.5, 0.6) is 5.75 Å². The van der Waals surface area contributed by atoms with Crippen LogP contribution in [0.25, 0.3) is 0 Å². The van der Waals surface area contributed by atoms with Gasteiger partial charge in [-0.15, -0.1) is 11.6 Å². The number of alkyl halides is 1. The molecular weight excluding hydrogens is 265 g/mol. The van der Waals surface area contributed by atoms with Crippen molar-refractivity contribution in [3.63, 3.8) is 0 Å². The minimum Gasteiger partial charge on any atom is -0.478 e. The Balaban J connectivity index is 3.06. The second-order valence-electron chi connectivity index (χ2n) is 2.79. The molecule has 0 heterocycles. The largest absolute Gasteiger partial charge is 0.478 e. The maximum Gasteiger partial charge on any atom is 0.174 e. The number of nitriles is 1. The number of ether oxygens (including phenoxy) is 1. The molecule has 0 aliphatic heterocycles. The van der Waals surface area contributed by atoms with Crippen molar-refractivity contribution in [2.75, 3.05) is 6.61 Å². The topological polar surface area (TPSA) is 33.0 Å². The van der Waals surface area contributed by atoms with Crippen molar-refractivity contribution in [3.05, 3.63) is 27.7 Å². The van der Waals surface area contributed by atoms with Gasteiger partial charge in [0.25, 0.3) is 0 Å². The van der Waals surface area contributed by atoms with E-state index in [0.717, 1.165) is 15.6 Å². The molecule has 0 saturated heterocycles. The maximum atomic E-state index is 8.42. The highest BCUT2D eigenvalue weighted by Crippen LogP contribution is 2.29. The van der Waals surface area contributed by atoms with Gasteiger partial charge in [0.1, 0.15) is 11.8 Å². The van der Waals surface area contributed by atoms with Crippen LogP contribution >= 0.6 is 27.5 Å². The Hall–Kier alpha value is -0.720. The van der Waals surface area contributed by atoms with Gasteiger partial charge < -0.3 is 4.74 Å². The first-order valence-corrected chi connectivity index (χ1v) is 5.36. The van der Waals surface area contributed by atoms with Crippen molar-refractivity contribution < 1.29 is 4.74 Å². The van der Waals surface area contributed by atoms with Crippen LogP contribution in [0, 0.1) is 18.3 Å². The summed E-state index contributed by atoms with van der Waals surface area (Å²) in [7, 11) is 0. The molecule has 0 spiro atoms. The average Bonchev–Trinajstić information content (AvgIpc) is 2.15. The van der Waals surface area contributed by atoms with Gasteiger partial charge in [0.2, 0.25) is 0 Å². The summed E-state index contributed by atoms with van der Waals surface area (Å²) in [5, 5.41) is 8.42. The first-order chi connectivity index (χ1) is 6.69. The van der Waals surface area contributed by atoms with Gasteiger partial charge in [-0.25, -0.2) is 0 Å². The average molecular weight is 275 g/mol. The molecule has 0 bridgehead atoms. The van der Waals surface area contributed by atoms with Crippen LogP contribution in [0.3, 0.4) is 0 Å². The Morgan fingerprint density at radius 3 is 2.86 bits per heavy atom. The summed E-state index contributed by atoms with van der Waals surface area (Å²) in [6.45, 7) is 1.97. The molecule has 0 saturated carbocycles. The highest BCUT2D eigenvalue weighted by molar-refractivity contribution is 9.10. The normalized spacial score (nSPS) is 9.57. The second-order valence-corrected chi connectivity index (χ2v) is 3.97. The number of nitrogens with zero attached hydrogens (tertiary/aromatic N) is 1. The third-order valence-corrected chi connectivity index (χ3v) is 2.49. The predicted octanol–water partition coefficient (Wildman–Crippen LogP) is 3.40. The zero-order chi connectivity index (χ0) is 10.6. The minimum absolute atomic E-state index is 0.0480. The van der Waals surface area contributed by atoms with Crippen molar-refractivity contribution in [2.45, 2.75) is 12.8 Å². The quantitative estimate of drug-likeness (QED) is 0.792. The fourth-order valence-corrected chi connectivity index (χ4v) is 2.03. The van der Waals surface area contributed by atoms with Crippen molar-refractivity contribution in [1.82, 2.24) is 0 Å². The van der Waals surface area contributed by atoms with Gasteiger partial charge >= 0.3 is 0 Å². The summed E-state index contributed by atoms with van der Waals surface area (Å²) in [5.74, 6) is 1.09. The Morgan fingerprint density at radius 1 is 1.57 bits per heavy atom. The van der Waals surface area contributed by atoms with E-state index in [-0.39, 0.29) is 6.61 Å². The molecule has 4 heteroatoms. The number of hydrogen-bond donors (Lipinski definition) is 0. The Kier molecular flexibility index (Phi) is 4.24. The Morgan fingerprint density at radius 2 is 2.29 bits per heavy atom. The molecule has 1 aromatic rings. The lowest BCUT2D eigenvalue weighted by Crippen LogP contribution is -1.99. The van der Waals surface area contributed by atoms with Crippen LogP contribution in [0.4, 0.5) is 0 Å². The van der Waals surface area contributed by atoms with E-state index in [4.69, 9.17) is 21.6 Å². The molecule has 0 fully saturated rings. The van der Waals surface area contributed by atoms with Gasteiger partial charge in [0, 0.05) is 10.0 Å². The Labute approximate surface area is 96.6 Å². The predicted molar refractivity (Wildman–Crippen MR) is 59.5 cm³/mol. The summed E-state index contributed by atoms with van der Waals surface area (Å²) in [5.41, 5.74) is 1.87. The van der Waals surface area contributed by atoms with Crippen molar-refractivity contribution >= 4 is 27.5 Å². The maximum absolute atomic E-state index is 8.42. The second kappa shape index (κ2) is 5.23. The monoisotopic (exact) mass is 273 g/mol. The number of benzene rings is 1. The summed E-state index contributed by atoms with van der Waals surface area (Å²) in [4.78, 5) is 0. The summed E-state index contributed by atoms with van der Waals surface area (Å²) >= 11 is 9.15. The highest BCUT2D eigenvalue weighted by Gasteiger charge is 2.07. The number of aryl methyl sites for hydroxylation is 1. The molecule has 74 valence electrons. The van der Waals surface area contributed by atoms with E-state index in [2.05, 4.69) is 15.9 Å². The fraction of sp³-hybridized carbons (Fsp3) is 0.300. The van der Waals surface area contributed by atoms with Crippen LogP contribution in [0.2, 0.25) is 0 Å². The molecule has 14 heavy (non-hydrogen) atoms. The van der Waals surface area contributed by atoms with Gasteiger partial charge in [-0.3, -0.25) is 0 Å². The molecule has 0 N–H and O–H groups in total. The van der Waals surface area contributed by atoms with Gasteiger partial charge in [-0.1, -0.05) is 15.9 Å². The molecule has 1 rings (SSSR count). The standard InChI is InChI=1S/C10H9BrClNO/c1-7-4-9(11)5-8(6-12)10(7)14-3-2-13/h4-5H,3,6H2,1H3. The van der Waals surface area contributed by atoms with E-state index in [1.807, 2.05) is 25.1 Å². The van der Waals surface area contributed by atoms with Crippen molar-refractivity contribution in [1.29, 1.82) is 5.26 Å². The van der Waals surface area contributed by atoms with Crippen LogP contribution in [0.1, 0.15) is 11.1 Å². The van der Waals surface area contributed by atoms with E-state index >= 15 is 0 Å². The van der Waals surface area contributed by atoms with Crippen molar-refractivity contribution in [2.24, 2.45) is 0 Å². The van der Waals surface area contributed by atoms with Gasteiger partial charge in [-0.05, 0) is 24.6 Å². The number of halogens is 2. The van der Waals surface area contributed by atoms with Crippen LogP contribution < -0.4 is 4.74 Å². The smallest absolute Gasteiger partial charge is 0.174 e. The van der Waals surface area contributed by atoms with E-state index in [0.29, 0.717) is 11.6 Å². The van der Waals surface area contributed by atoms with E-state index in [1.54, 1.807) is 0 Å². The molecule has 0 unspecified atom stereocenters. The zero-order valence-corrected chi connectivity index (χ0v) is 10.0. The van der Waals surface area contributed by atoms with E-state index in [1.165, 1.54) is 0 Å². The summed E-state index contributed by atoms with van der Waals surface area (Å²) < 4.78 is 6.26. The molecular formula is C10H9BrClNO. The molecule has 0 radical (unpaired) electrons. The lowest BCUT2D eigenvalue weighted by Gasteiger charge is -2.10. The summed E-state index contributed by atoms with van der Waals surface area (Å²) in [6, 6.07) is 5.76. The molecule has 0 amide bonds. The van der Waals surface area contributed by atoms with Crippen LogP contribution in [-0.4, -0.2) is 6.61 Å². The fourth-order valence-electron chi connectivity index (χ4n) is 1.21. The Bertz CT molecular complexity index is 373. The third-order valence-electron chi connectivity index (χ3n) is 1.74. The van der Waals surface area contributed by atoms with Gasteiger partial charge in [-0.2, -0.15) is 5.26 Å². The van der Waals surface area contributed by atoms with Gasteiger partial charge in [0.15, 0.2) is 6.61 Å². The number of rotatable bonds is 3. The molecule has 0 aliphatic rings.